The number of hydrogen-bond acceptors (Lipinski definition) is 6. The summed E-state index contributed by atoms with van der Waals surface area (Å²) in [5, 5.41) is 14.8. The summed E-state index contributed by atoms with van der Waals surface area (Å²) in [5.41, 5.74) is 3.09. The molecule has 0 aliphatic rings. The van der Waals surface area contributed by atoms with Crippen molar-refractivity contribution in [2.75, 3.05) is 13.2 Å². The number of nitrogens with one attached hydrogen (secondary N) is 1. The molecule has 0 unspecified atom stereocenters. The number of rotatable bonds is 12. The lowest BCUT2D eigenvalue weighted by Gasteiger charge is -2.12. The number of hydrogen-bond donors (Lipinski definition) is 1. The van der Waals surface area contributed by atoms with Crippen LogP contribution in [0, 0.1) is 10.1 Å². The number of carbonyl (C=O) groups is 1. The number of unbranched alkanes of at least 4 members (excludes halogenated alkanes) is 3. The molecule has 0 heterocycles. The van der Waals surface area contributed by atoms with Gasteiger partial charge in [-0.3, -0.25) is 14.9 Å². The third-order valence-corrected chi connectivity index (χ3v) is 4.22. The Morgan fingerprint density at radius 2 is 1.93 bits per heavy atom. The zero-order chi connectivity index (χ0) is 21.8. The van der Waals surface area contributed by atoms with Crippen LogP contribution in [0.2, 0.25) is 0 Å². The van der Waals surface area contributed by atoms with Crippen molar-refractivity contribution in [3.05, 3.63) is 63.7 Å². The normalized spacial score (nSPS) is 10.7. The van der Waals surface area contributed by atoms with Gasteiger partial charge in [0.1, 0.15) is 0 Å². The van der Waals surface area contributed by atoms with Gasteiger partial charge in [-0.05, 0) is 43.2 Å². The molecule has 2 aromatic carbocycles. The maximum absolute atomic E-state index is 12.1. The Bertz CT molecular complexity index is 883. The third kappa shape index (κ3) is 7.20. The number of non-ortho nitro benzene ring substituents is 1. The molecule has 0 fully saturated rings. The first-order valence-electron chi connectivity index (χ1n) is 10.0. The minimum atomic E-state index is -0.553. The van der Waals surface area contributed by atoms with Gasteiger partial charge in [-0.2, -0.15) is 5.10 Å². The number of nitro benzene ring substituents is 1. The summed E-state index contributed by atoms with van der Waals surface area (Å²) in [4.78, 5) is 22.4. The average Bonchev–Trinajstić information content (AvgIpc) is 2.75. The Labute approximate surface area is 176 Å². The smallest absolute Gasteiger partial charge is 0.271 e. The summed E-state index contributed by atoms with van der Waals surface area (Å²) in [6.07, 6.45) is 5.97. The molecule has 0 saturated carbocycles. The van der Waals surface area contributed by atoms with E-state index in [9.17, 15) is 14.9 Å². The van der Waals surface area contributed by atoms with Gasteiger partial charge in [-0.25, -0.2) is 5.43 Å². The van der Waals surface area contributed by atoms with Crippen LogP contribution in [0.15, 0.2) is 47.6 Å². The lowest BCUT2D eigenvalue weighted by molar-refractivity contribution is -0.384. The molecule has 30 heavy (non-hydrogen) atoms. The number of nitro groups is 1. The highest BCUT2D eigenvalue weighted by molar-refractivity contribution is 5.95. The van der Waals surface area contributed by atoms with Gasteiger partial charge in [0.25, 0.3) is 11.6 Å². The molecule has 8 heteroatoms. The molecule has 0 aromatic heterocycles. The van der Waals surface area contributed by atoms with Crippen LogP contribution in [0.3, 0.4) is 0 Å². The summed E-state index contributed by atoms with van der Waals surface area (Å²) in [6, 6.07) is 10.9. The Hall–Kier alpha value is -3.42. The second-order valence-corrected chi connectivity index (χ2v) is 6.55. The molecule has 0 radical (unpaired) electrons. The van der Waals surface area contributed by atoms with Crippen molar-refractivity contribution < 1.29 is 19.2 Å². The molecule has 0 atom stereocenters. The number of nitrogens with zero attached hydrogens (tertiary/aromatic N) is 2. The van der Waals surface area contributed by atoms with Crippen molar-refractivity contribution in [1.29, 1.82) is 0 Å². The maximum atomic E-state index is 12.1. The van der Waals surface area contributed by atoms with Gasteiger partial charge in [0, 0.05) is 17.7 Å². The molecular weight excluding hydrogens is 386 g/mol. The van der Waals surface area contributed by atoms with E-state index in [1.54, 1.807) is 6.07 Å². The van der Waals surface area contributed by atoms with Crippen LogP contribution in [0.25, 0.3) is 0 Å². The first-order chi connectivity index (χ1) is 14.5. The fourth-order valence-electron chi connectivity index (χ4n) is 2.69. The largest absolute Gasteiger partial charge is 0.490 e. The van der Waals surface area contributed by atoms with Crippen LogP contribution in [-0.4, -0.2) is 30.3 Å². The number of ether oxygens (including phenoxy) is 2. The van der Waals surface area contributed by atoms with E-state index in [2.05, 4.69) is 17.5 Å². The highest BCUT2D eigenvalue weighted by Crippen LogP contribution is 2.28. The lowest BCUT2D eigenvalue weighted by atomic mass is 10.2. The maximum Gasteiger partial charge on any atom is 0.271 e. The summed E-state index contributed by atoms with van der Waals surface area (Å²) < 4.78 is 11.5. The van der Waals surface area contributed by atoms with Gasteiger partial charge < -0.3 is 9.47 Å². The van der Waals surface area contributed by atoms with E-state index in [1.165, 1.54) is 43.3 Å². The number of amides is 1. The molecule has 2 rings (SSSR count). The molecule has 2 aromatic rings. The fourth-order valence-corrected chi connectivity index (χ4v) is 2.69. The van der Waals surface area contributed by atoms with Crippen molar-refractivity contribution >= 4 is 17.8 Å². The number of hydrazone groups is 1. The predicted molar refractivity (Wildman–Crippen MR) is 115 cm³/mol. The zero-order valence-electron chi connectivity index (χ0n) is 17.3. The quantitative estimate of drug-likeness (QED) is 0.235. The fraction of sp³-hybridized carbons (Fsp3) is 0.364. The van der Waals surface area contributed by atoms with Crippen molar-refractivity contribution in [2.24, 2.45) is 5.10 Å². The standard InChI is InChI=1S/C22H27N3O5/c1-3-5-6-7-13-30-20-12-11-17(14-21(20)29-4-2)16-23-24-22(26)18-9-8-10-19(15-18)25(27)28/h8-12,14-16H,3-7,13H2,1-2H3,(H,24,26)/b23-16+. The highest BCUT2D eigenvalue weighted by atomic mass is 16.6. The number of benzene rings is 2. The van der Waals surface area contributed by atoms with E-state index < -0.39 is 10.8 Å². The monoisotopic (exact) mass is 413 g/mol. The van der Waals surface area contributed by atoms with Crippen molar-refractivity contribution in [3.63, 3.8) is 0 Å². The van der Waals surface area contributed by atoms with Gasteiger partial charge in [0.2, 0.25) is 0 Å². The summed E-state index contributed by atoms with van der Waals surface area (Å²) in [5.74, 6) is 0.750. The molecule has 0 bridgehead atoms. The first kappa shape index (κ1) is 22.9. The van der Waals surface area contributed by atoms with Crippen molar-refractivity contribution in [2.45, 2.75) is 39.5 Å². The Morgan fingerprint density at radius 3 is 2.67 bits per heavy atom. The minimum Gasteiger partial charge on any atom is -0.490 e. The van der Waals surface area contributed by atoms with Gasteiger partial charge in [0.15, 0.2) is 11.5 Å². The predicted octanol–water partition coefficient (Wildman–Crippen LogP) is 4.72. The SMILES string of the molecule is CCCCCCOc1ccc(/C=N/NC(=O)c2cccc([N+](=O)[O-])c2)cc1OCC. The van der Waals surface area contributed by atoms with E-state index in [0.29, 0.717) is 24.7 Å². The van der Waals surface area contributed by atoms with Gasteiger partial charge >= 0.3 is 0 Å². The van der Waals surface area contributed by atoms with Crippen LogP contribution >= 0.6 is 0 Å². The summed E-state index contributed by atoms with van der Waals surface area (Å²) in [7, 11) is 0. The van der Waals surface area contributed by atoms with E-state index in [-0.39, 0.29) is 11.3 Å². The highest BCUT2D eigenvalue weighted by Gasteiger charge is 2.11. The molecule has 160 valence electrons. The molecule has 1 N–H and O–H groups in total. The molecule has 0 aliphatic heterocycles. The summed E-state index contributed by atoms with van der Waals surface area (Å²) in [6.45, 7) is 5.19. The molecule has 8 nitrogen and oxygen atoms in total. The number of carbonyl (C=O) groups excluding carboxylic acids is 1. The van der Waals surface area contributed by atoms with Crippen LogP contribution < -0.4 is 14.9 Å². The second kappa shape index (κ2) is 12.2. The van der Waals surface area contributed by atoms with Crippen LogP contribution in [0.1, 0.15) is 55.5 Å². The molecule has 0 spiro atoms. The topological polar surface area (TPSA) is 103 Å². The van der Waals surface area contributed by atoms with E-state index in [0.717, 1.165) is 18.4 Å². The van der Waals surface area contributed by atoms with Crippen molar-refractivity contribution in [3.8, 4) is 11.5 Å². The van der Waals surface area contributed by atoms with Gasteiger partial charge in [-0.1, -0.05) is 32.3 Å². The van der Waals surface area contributed by atoms with Crippen molar-refractivity contribution in [1.82, 2.24) is 5.43 Å². The molecular formula is C22H27N3O5. The second-order valence-electron chi connectivity index (χ2n) is 6.55. The Kier molecular flexibility index (Phi) is 9.30. The molecule has 0 aliphatic carbocycles. The molecule has 0 saturated heterocycles. The van der Waals surface area contributed by atoms with Crippen LogP contribution in [0.4, 0.5) is 5.69 Å². The van der Waals surface area contributed by atoms with Gasteiger partial charge in [0.05, 0.1) is 24.4 Å². The average molecular weight is 413 g/mol. The van der Waals surface area contributed by atoms with Crippen LogP contribution in [0.5, 0.6) is 11.5 Å². The van der Waals surface area contributed by atoms with Gasteiger partial charge in [-0.15, -0.1) is 0 Å². The van der Waals surface area contributed by atoms with E-state index in [1.807, 2.05) is 19.1 Å². The van der Waals surface area contributed by atoms with E-state index in [4.69, 9.17) is 9.47 Å². The minimum absolute atomic E-state index is 0.154. The summed E-state index contributed by atoms with van der Waals surface area (Å²) >= 11 is 0. The third-order valence-electron chi connectivity index (χ3n) is 4.22. The van der Waals surface area contributed by atoms with Crippen LogP contribution in [-0.2, 0) is 0 Å². The van der Waals surface area contributed by atoms with E-state index >= 15 is 0 Å². The lowest BCUT2D eigenvalue weighted by Crippen LogP contribution is -2.17. The Morgan fingerprint density at radius 1 is 1.10 bits per heavy atom. The first-order valence-corrected chi connectivity index (χ1v) is 10.0. The molecule has 1 amide bonds. The Balaban J connectivity index is 1.98. The zero-order valence-corrected chi connectivity index (χ0v) is 17.3.